The van der Waals surface area contributed by atoms with Crippen LogP contribution < -0.4 is 5.32 Å². The molecule has 1 rings (SSSR count). The predicted octanol–water partition coefficient (Wildman–Crippen LogP) is 0.317. The molecule has 1 aliphatic rings. The summed E-state index contributed by atoms with van der Waals surface area (Å²) in [6, 6.07) is 0.565. The average molecular weight is 172 g/mol. The first kappa shape index (κ1) is 9.96. The van der Waals surface area contributed by atoms with Crippen LogP contribution in [0.25, 0.3) is 0 Å². The molecule has 0 aromatic carbocycles. The van der Waals surface area contributed by atoms with Crippen molar-refractivity contribution in [2.24, 2.45) is 0 Å². The fourth-order valence-corrected chi connectivity index (χ4v) is 1.65. The maximum Gasteiger partial charge on any atom is 0.0615 e. The van der Waals surface area contributed by atoms with E-state index in [9.17, 15) is 0 Å². The Balaban J connectivity index is 2.27. The van der Waals surface area contributed by atoms with E-state index in [1.165, 1.54) is 13.0 Å². The Morgan fingerprint density at radius 1 is 1.42 bits per heavy atom. The van der Waals surface area contributed by atoms with Crippen molar-refractivity contribution in [1.29, 1.82) is 0 Å². The lowest BCUT2D eigenvalue weighted by molar-refractivity contribution is 0.104. The molecule has 1 fully saturated rings. The van der Waals surface area contributed by atoms with Gasteiger partial charge in [-0.25, -0.2) is 0 Å². The van der Waals surface area contributed by atoms with Crippen molar-refractivity contribution in [2.75, 3.05) is 39.9 Å². The van der Waals surface area contributed by atoms with Gasteiger partial charge in [0.2, 0.25) is 0 Å². The number of methoxy groups -OCH3 is 1. The highest BCUT2D eigenvalue weighted by molar-refractivity contribution is 4.71. The molecule has 0 aliphatic carbocycles. The van der Waals surface area contributed by atoms with Gasteiger partial charge in [0.05, 0.1) is 6.61 Å². The first-order chi connectivity index (χ1) is 5.84. The molecule has 0 bridgehead atoms. The normalized spacial score (nSPS) is 23.5. The Labute approximate surface area is 75.1 Å². The third kappa shape index (κ3) is 3.09. The quantitative estimate of drug-likeness (QED) is 0.663. The third-order valence-electron chi connectivity index (χ3n) is 2.41. The molecule has 1 heterocycles. The molecule has 3 nitrogen and oxygen atoms in total. The fourth-order valence-electron chi connectivity index (χ4n) is 1.65. The highest BCUT2D eigenvalue weighted by Gasteiger charge is 2.14. The van der Waals surface area contributed by atoms with Crippen molar-refractivity contribution in [3.63, 3.8) is 0 Å². The van der Waals surface area contributed by atoms with Gasteiger partial charge in [-0.05, 0) is 26.4 Å². The first-order valence-electron chi connectivity index (χ1n) is 4.78. The van der Waals surface area contributed by atoms with Gasteiger partial charge in [0, 0.05) is 26.2 Å². The van der Waals surface area contributed by atoms with E-state index in [1.807, 2.05) is 0 Å². The van der Waals surface area contributed by atoms with Crippen LogP contribution in [0.1, 0.15) is 13.3 Å². The molecule has 0 saturated carbocycles. The molecule has 72 valence electrons. The standard InChI is InChI=1S/C9H20N2O/c1-9(8-12-2)11-6-3-4-10-5-7-11/h9-10H,3-8H2,1-2H3. The second kappa shape index (κ2) is 5.51. The number of nitrogens with zero attached hydrogens (tertiary/aromatic N) is 1. The maximum absolute atomic E-state index is 5.14. The first-order valence-corrected chi connectivity index (χ1v) is 4.78. The second-order valence-corrected chi connectivity index (χ2v) is 3.44. The summed E-state index contributed by atoms with van der Waals surface area (Å²) < 4.78 is 5.14. The monoisotopic (exact) mass is 172 g/mol. The summed E-state index contributed by atoms with van der Waals surface area (Å²) in [5.74, 6) is 0. The Kier molecular flexibility index (Phi) is 4.58. The molecule has 0 radical (unpaired) electrons. The molecular formula is C9H20N2O. The zero-order valence-electron chi connectivity index (χ0n) is 8.18. The van der Waals surface area contributed by atoms with Crippen LogP contribution in [-0.4, -0.2) is 50.8 Å². The summed E-state index contributed by atoms with van der Waals surface area (Å²) in [5, 5.41) is 3.39. The van der Waals surface area contributed by atoms with E-state index in [0.717, 1.165) is 26.2 Å². The molecule has 3 heteroatoms. The summed E-state index contributed by atoms with van der Waals surface area (Å²) in [5.41, 5.74) is 0. The van der Waals surface area contributed by atoms with Crippen LogP contribution in [0.15, 0.2) is 0 Å². The van der Waals surface area contributed by atoms with Crippen molar-refractivity contribution < 1.29 is 4.74 Å². The second-order valence-electron chi connectivity index (χ2n) is 3.44. The minimum Gasteiger partial charge on any atom is -0.383 e. The average Bonchev–Trinajstić information content (AvgIpc) is 2.32. The van der Waals surface area contributed by atoms with Crippen molar-refractivity contribution in [2.45, 2.75) is 19.4 Å². The molecule has 0 amide bonds. The molecule has 0 spiro atoms. The van der Waals surface area contributed by atoms with E-state index >= 15 is 0 Å². The molecule has 1 aliphatic heterocycles. The van der Waals surface area contributed by atoms with Crippen LogP contribution >= 0.6 is 0 Å². The molecule has 0 aromatic rings. The highest BCUT2D eigenvalue weighted by Crippen LogP contribution is 2.02. The lowest BCUT2D eigenvalue weighted by Crippen LogP contribution is -2.38. The third-order valence-corrected chi connectivity index (χ3v) is 2.41. The summed E-state index contributed by atoms with van der Waals surface area (Å²) in [6.07, 6.45) is 1.26. The van der Waals surface area contributed by atoms with E-state index in [2.05, 4.69) is 17.1 Å². The van der Waals surface area contributed by atoms with Crippen LogP contribution in [0, 0.1) is 0 Å². The SMILES string of the molecule is COCC(C)N1CCCNCC1. The molecular weight excluding hydrogens is 152 g/mol. The Morgan fingerprint density at radius 3 is 3.00 bits per heavy atom. The van der Waals surface area contributed by atoms with Crippen LogP contribution in [-0.2, 0) is 4.74 Å². The van der Waals surface area contributed by atoms with Crippen LogP contribution in [0.4, 0.5) is 0 Å². The zero-order chi connectivity index (χ0) is 8.81. The topological polar surface area (TPSA) is 24.5 Å². The Morgan fingerprint density at radius 2 is 2.25 bits per heavy atom. The van der Waals surface area contributed by atoms with Gasteiger partial charge in [-0.15, -0.1) is 0 Å². The number of rotatable bonds is 3. The lowest BCUT2D eigenvalue weighted by Gasteiger charge is -2.26. The molecule has 1 unspecified atom stereocenters. The van der Waals surface area contributed by atoms with Gasteiger partial charge in [0.15, 0.2) is 0 Å². The lowest BCUT2D eigenvalue weighted by atomic mass is 10.3. The summed E-state index contributed by atoms with van der Waals surface area (Å²) >= 11 is 0. The molecule has 0 aromatic heterocycles. The smallest absolute Gasteiger partial charge is 0.0615 e. The summed E-state index contributed by atoms with van der Waals surface area (Å²) in [4.78, 5) is 2.49. The van der Waals surface area contributed by atoms with Crippen LogP contribution in [0.3, 0.4) is 0 Å². The Bertz CT molecular complexity index is 111. The van der Waals surface area contributed by atoms with Crippen LogP contribution in [0.2, 0.25) is 0 Å². The molecule has 1 saturated heterocycles. The molecule has 1 N–H and O–H groups in total. The van der Waals surface area contributed by atoms with E-state index in [1.54, 1.807) is 7.11 Å². The van der Waals surface area contributed by atoms with Crippen molar-refractivity contribution in [1.82, 2.24) is 10.2 Å². The van der Waals surface area contributed by atoms with Gasteiger partial charge in [-0.3, -0.25) is 4.90 Å². The zero-order valence-corrected chi connectivity index (χ0v) is 8.18. The van der Waals surface area contributed by atoms with Crippen LogP contribution in [0.5, 0.6) is 0 Å². The van der Waals surface area contributed by atoms with Gasteiger partial charge >= 0.3 is 0 Å². The van der Waals surface area contributed by atoms with Gasteiger partial charge < -0.3 is 10.1 Å². The minimum absolute atomic E-state index is 0.565. The highest BCUT2D eigenvalue weighted by atomic mass is 16.5. The van der Waals surface area contributed by atoms with E-state index < -0.39 is 0 Å². The largest absolute Gasteiger partial charge is 0.383 e. The summed E-state index contributed by atoms with van der Waals surface area (Å²) in [7, 11) is 1.77. The van der Waals surface area contributed by atoms with Crippen molar-refractivity contribution in [3.05, 3.63) is 0 Å². The minimum atomic E-state index is 0.565. The number of hydrogen-bond donors (Lipinski definition) is 1. The number of hydrogen-bond acceptors (Lipinski definition) is 3. The molecule has 12 heavy (non-hydrogen) atoms. The van der Waals surface area contributed by atoms with E-state index in [0.29, 0.717) is 6.04 Å². The maximum atomic E-state index is 5.14. The van der Waals surface area contributed by atoms with Crippen molar-refractivity contribution in [3.8, 4) is 0 Å². The van der Waals surface area contributed by atoms with Gasteiger partial charge in [-0.1, -0.05) is 0 Å². The van der Waals surface area contributed by atoms with Gasteiger partial charge in [0.25, 0.3) is 0 Å². The summed E-state index contributed by atoms with van der Waals surface area (Å²) in [6.45, 7) is 7.72. The van der Waals surface area contributed by atoms with Gasteiger partial charge in [-0.2, -0.15) is 0 Å². The van der Waals surface area contributed by atoms with Gasteiger partial charge in [0.1, 0.15) is 0 Å². The van der Waals surface area contributed by atoms with E-state index in [4.69, 9.17) is 4.74 Å². The predicted molar refractivity (Wildman–Crippen MR) is 50.4 cm³/mol. The fraction of sp³-hybridized carbons (Fsp3) is 1.00. The number of nitrogens with one attached hydrogen (secondary N) is 1. The Hall–Kier alpha value is -0.120. The number of ether oxygens (including phenoxy) is 1. The molecule has 1 atom stereocenters. The van der Waals surface area contributed by atoms with E-state index in [-0.39, 0.29) is 0 Å². The van der Waals surface area contributed by atoms with Crippen molar-refractivity contribution >= 4 is 0 Å².